The first-order valence-electron chi connectivity index (χ1n) is 17.2. The lowest BCUT2D eigenvalue weighted by Gasteiger charge is -2.33. The van der Waals surface area contributed by atoms with Crippen molar-refractivity contribution in [2.24, 2.45) is 0 Å². The van der Waals surface area contributed by atoms with Crippen LogP contribution in [0.15, 0.2) is 176 Å². The second kappa shape index (κ2) is 10.8. The van der Waals surface area contributed by atoms with Gasteiger partial charge in [-0.3, -0.25) is 9.97 Å². The maximum absolute atomic E-state index is 4.46. The van der Waals surface area contributed by atoms with Crippen LogP contribution in [0.1, 0.15) is 0 Å². The van der Waals surface area contributed by atoms with Gasteiger partial charge in [0.25, 0.3) is 0 Å². The maximum atomic E-state index is 4.46. The van der Waals surface area contributed by atoms with Crippen LogP contribution < -0.4 is 4.90 Å². The van der Waals surface area contributed by atoms with Gasteiger partial charge in [0.05, 0.1) is 39.1 Å². The number of aromatic nitrogens is 4. The summed E-state index contributed by atoms with van der Waals surface area (Å²) in [6.07, 6.45) is 7.52. The largest absolute Gasteiger partial charge is 0.309 e. The van der Waals surface area contributed by atoms with Gasteiger partial charge in [-0.1, -0.05) is 72.8 Å². The summed E-state index contributed by atoms with van der Waals surface area (Å²) in [5.41, 5.74) is 14.8. The molecule has 0 unspecified atom stereocenters. The molecule has 6 aromatic carbocycles. The van der Waals surface area contributed by atoms with Crippen molar-refractivity contribution < 1.29 is 0 Å². The van der Waals surface area contributed by atoms with Crippen LogP contribution in [-0.2, 0) is 0 Å². The topological polar surface area (TPSA) is 38.9 Å². The van der Waals surface area contributed by atoms with E-state index in [1.54, 1.807) is 0 Å². The van der Waals surface area contributed by atoms with Crippen molar-refractivity contribution in [3.8, 4) is 33.6 Å². The average molecular weight is 652 g/mol. The summed E-state index contributed by atoms with van der Waals surface area (Å²) in [4.78, 5) is 11.3. The molecule has 1 aliphatic rings. The number of nitrogens with zero attached hydrogens (tertiary/aromatic N) is 5. The molecule has 1 aliphatic heterocycles. The Labute approximate surface area is 293 Å². The molecule has 11 rings (SSSR count). The summed E-state index contributed by atoms with van der Waals surface area (Å²) >= 11 is 0. The van der Waals surface area contributed by atoms with E-state index < -0.39 is 0 Å². The first-order chi connectivity index (χ1) is 25.3. The Balaban J connectivity index is 1.25. The van der Waals surface area contributed by atoms with Crippen LogP contribution in [0.2, 0.25) is 0 Å². The third kappa shape index (κ3) is 4.09. The van der Waals surface area contributed by atoms with Gasteiger partial charge in [0, 0.05) is 68.8 Å². The summed E-state index contributed by atoms with van der Waals surface area (Å²) in [5, 5.41) is 4.94. The zero-order valence-electron chi connectivity index (χ0n) is 27.5. The average Bonchev–Trinajstić information content (AvgIpc) is 3.71. The van der Waals surface area contributed by atoms with Crippen LogP contribution in [0.4, 0.5) is 17.1 Å². The smallest absolute Gasteiger partial charge is 0.0783 e. The van der Waals surface area contributed by atoms with Crippen molar-refractivity contribution in [1.82, 2.24) is 19.1 Å². The predicted molar refractivity (Wildman–Crippen MR) is 210 cm³/mol. The van der Waals surface area contributed by atoms with Crippen molar-refractivity contribution in [3.05, 3.63) is 176 Å². The number of rotatable bonds is 4. The number of anilines is 3. The predicted octanol–water partition coefficient (Wildman–Crippen LogP) is 11.8. The van der Waals surface area contributed by atoms with Gasteiger partial charge < -0.3 is 14.0 Å². The van der Waals surface area contributed by atoms with E-state index in [0.717, 1.165) is 44.8 Å². The quantitative estimate of drug-likeness (QED) is 0.190. The van der Waals surface area contributed by atoms with Gasteiger partial charge in [-0.25, -0.2) is 0 Å². The minimum atomic E-state index is 1.07. The Morgan fingerprint density at radius 2 is 0.980 bits per heavy atom. The molecule has 0 atom stereocenters. The van der Waals surface area contributed by atoms with Crippen molar-refractivity contribution >= 4 is 60.7 Å². The molecule has 0 bridgehead atoms. The van der Waals surface area contributed by atoms with Crippen molar-refractivity contribution in [2.45, 2.75) is 0 Å². The first-order valence-corrected chi connectivity index (χ1v) is 17.2. The minimum Gasteiger partial charge on any atom is -0.309 e. The molecule has 0 amide bonds. The van der Waals surface area contributed by atoms with Crippen molar-refractivity contribution in [3.63, 3.8) is 0 Å². The molecule has 10 aromatic rings. The zero-order valence-corrected chi connectivity index (χ0v) is 27.5. The SMILES string of the molecule is c1ccc(N2c3ccccc3-n3c4cc5c(cc4c4cccc2c43)c2ccccc2n5-c2cc(-c3cccnc3)cc(-c3cccnc3)c2)cc1. The van der Waals surface area contributed by atoms with E-state index in [-0.39, 0.29) is 0 Å². The molecular weight excluding hydrogens is 623 g/mol. The summed E-state index contributed by atoms with van der Waals surface area (Å²) in [5.74, 6) is 0. The van der Waals surface area contributed by atoms with Gasteiger partial charge in [0.2, 0.25) is 0 Å². The number of fused-ring (bicyclic) bond motifs is 8. The summed E-state index contributed by atoms with van der Waals surface area (Å²) in [6.45, 7) is 0. The lowest BCUT2D eigenvalue weighted by atomic mass is 9.99. The molecular formula is C46H29N5. The Kier molecular flexibility index (Phi) is 5.89. The molecule has 5 heterocycles. The lowest BCUT2D eigenvalue weighted by Crippen LogP contribution is -2.17. The van der Waals surface area contributed by atoms with E-state index in [0.29, 0.717) is 0 Å². The molecule has 5 heteroatoms. The molecule has 0 N–H and O–H groups in total. The number of para-hydroxylation sites is 5. The summed E-state index contributed by atoms with van der Waals surface area (Å²) < 4.78 is 4.91. The van der Waals surface area contributed by atoms with E-state index in [1.165, 1.54) is 49.5 Å². The summed E-state index contributed by atoms with van der Waals surface area (Å²) in [7, 11) is 0. The van der Waals surface area contributed by atoms with E-state index in [9.17, 15) is 0 Å². The summed E-state index contributed by atoms with van der Waals surface area (Å²) in [6, 6.07) is 54.8. The molecule has 0 radical (unpaired) electrons. The highest BCUT2D eigenvalue weighted by Crippen LogP contribution is 2.50. The number of benzene rings is 6. The van der Waals surface area contributed by atoms with E-state index >= 15 is 0 Å². The van der Waals surface area contributed by atoms with Crippen LogP contribution in [0.25, 0.3) is 77.2 Å². The van der Waals surface area contributed by atoms with Gasteiger partial charge in [0.15, 0.2) is 0 Å². The fourth-order valence-electron chi connectivity index (χ4n) is 8.19. The van der Waals surface area contributed by atoms with Crippen LogP contribution in [0.5, 0.6) is 0 Å². The fourth-order valence-corrected chi connectivity index (χ4v) is 8.19. The van der Waals surface area contributed by atoms with Gasteiger partial charge >= 0.3 is 0 Å². The van der Waals surface area contributed by atoms with Crippen LogP contribution in [0, 0.1) is 0 Å². The second-order valence-electron chi connectivity index (χ2n) is 13.2. The Bertz CT molecular complexity index is 2900. The highest BCUT2D eigenvalue weighted by Gasteiger charge is 2.29. The normalized spacial score (nSPS) is 12.3. The highest BCUT2D eigenvalue weighted by atomic mass is 15.2. The Hall–Kier alpha value is -6.98. The van der Waals surface area contributed by atoms with E-state index in [2.05, 4.69) is 164 Å². The molecule has 51 heavy (non-hydrogen) atoms. The molecule has 0 fully saturated rings. The zero-order chi connectivity index (χ0) is 33.5. The standard InChI is InChI=1S/C46H29N5/c1-2-13-34(14-3-1)49-41-18-6-7-19-42(41)51-45-27-44-38(26-39(45)37-16-8-20-43(49)46(37)51)36-15-4-5-17-40(36)50(44)35-24-32(30-11-9-21-47-28-30)23-33(25-35)31-12-10-22-48-29-31/h1-29H. The highest BCUT2D eigenvalue weighted by molar-refractivity contribution is 6.22. The lowest BCUT2D eigenvalue weighted by molar-refractivity contribution is 1.11. The van der Waals surface area contributed by atoms with Gasteiger partial charge in [-0.2, -0.15) is 0 Å². The first kappa shape index (κ1) is 27.9. The molecule has 4 aromatic heterocycles. The van der Waals surface area contributed by atoms with Gasteiger partial charge in [0.1, 0.15) is 0 Å². The number of pyridine rings is 2. The van der Waals surface area contributed by atoms with E-state index in [1.807, 2.05) is 36.9 Å². The van der Waals surface area contributed by atoms with E-state index in [4.69, 9.17) is 0 Å². The van der Waals surface area contributed by atoms with Gasteiger partial charge in [-0.15, -0.1) is 0 Å². The van der Waals surface area contributed by atoms with Crippen molar-refractivity contribution in [1.29, 1.82) is 0 Å². The Morgan fingerprint density at radius 3 is 1.73 bits per heavy atom. The van der Waals surface area contributed by atoms with Crippen LogP contribution in [0.3, 0.4) is 0 Å². The van der Waals surface area contributed by atoms with Crippen molar-refractivity contribution in [2.75, 3.05) is 4.90 Å². The van der Waals surface area contributed by atoms with Crippen LogP contribution in [-0.4, -0.2) is 19.1 Å². The fraction of sp³-hybridized carbons (Fsp3) is 0. The minimum absolute atomic E-state index is 1.07. The molecule has 0 spiro atoms. The molecule has 0 aliphatic carbocycles. The second-order valence-corrected chi connectivity index (χ2v) is 13.2. The third-order valence-corrected chi connectivity index (χ3v) is 10.3. The monoisotopic (exact) mass is 651 g/mol. The third-order valence-electron chi connectivity index (χ3n) is 10.3. The number of hydrogen-bond acceptors (Lipinski definition) is 3. The molecule has 238 valence electrons. The molecule has 5 nitrogen and oxygen atoms in total. The van der Waals surface area contributed by atoms with Gasteiger partial charge in [-0.05, 0) is 90.0 Å². The molecule has 0 saturated heterocycles. The Morgan fingerprint density at radius 1 is 0.353 bits per heavy atom. The van der Waals surface area contributed by atoms with Crippen LogP contribution >= 0.6 is 0 Å². The maximum Gasteiger partial charge on any atom is 0.0783 e. The molecule has 0 saturated carbocycles. The number of hydrogen-bond donors (Lipinski definition) is 0.